The predicted octanol–water partition coefficient (Wildman–Crippen LogP) is 6.41. The molecule has 2 aromatic heterocycles. The summed E-state index contributed by atoms with van der Waals surface area (Å²) >= 11 is 0. The highest BCUT2D eigenvalue weighted by Crippen LogP contribution is 2.33. The van der Waals surface area contributed by atoms with Gasteiger partial charge < -0.3 is 20.7 Å². The van der Waals surface area contributed by atoms with Crippen molar-refractivity contribution in [1.29, 1.82) is 0 Å². The fourth-order valence-corrected chi connectivity index (χ4v) is 5.53. The maximum absolute atomic E-state index is 12.2. The van der Waals surface area contributed by atoms with Gasteiger partial charge in [-0.2, -0.15) is 0 Å². The predicted molar refractivity (Wildman–Crippen MR) is 151 cm³/mol. The molecule has 0 saturated heterocycles. The zero-order chi connectivity index (χ0) is 25.5. The van der Waals surface area contributed by atoms with Crippen LogP contribution in [0.3, 0.4) is 0 Å². The number of anilines is 1. The van der Waals surface area contributed by atoms with Crippen LogP contribution in [0.15, 0.2) is 48.7 Å². The number of aromatic amines is 1. The number of benzene rings is 2. The van der Waals surface area contributed by atoms with E-state index in [0.29, 0.717) is 13.0 Å². The van der Waals surface area contributed by atoms with Crippen LogP contribution in [0.2, 0.25) is 0 Å². The lowest BCUT2D eigenvalue weighted by molar-refractivity contribution is -0.121. The number of nitrogens with zero attached hydrogens (tertiary/aromatic N) is 1. The van der Waals surface area contributed by atoms with E-state index in [4.69, 9.17) is 4.98 Å². The Morgan fingerprint density at radius 2 is 1.78 bits per heavy atom. The normalized spacial score (nSPS) is 13.1. The Kier molecular flexibility index (Phi) is 8.24. The molecule has 2 heterocycles. The molecule has 1 aliphatic carbocycles. The van der Waals surface area contributed by atoms with E-state index in [1.807, 2.05) is 12.3 Å². The maximum Gasteiger partial charge on any atom is 0.220 e. The average molecular weight is 499 g/mol. The lowest BCUT2D eigenvalue weighted by Gasteiger charge is -2.21. The van der Waals surface area contributed by atoms with Gasteiger partial charge in [-0.05, 0) is 80.3 Å². The number of pyridine rings is 1. The number of nitrogens with one attached hydrogen (secondary N) is 3. The summed E-state index contributed by atoms with van der Waals surface area (Å²) < 4.78 is 0. The number of phenols is 1. The van der Waals surface area contributed by atoms with E-state index in [1.165, 1.54) is 41.6 Å². The van der Waals surface area contributed by atoms with Crippen molar-refractivity contribution >= 4 is 33.4 Å². The van der Waals surface area contributed by atoms with Crippen LogP contribution in [-0.4, -0.2) is 34.1 Å². The summed E-state index contributed by atoms with van der Waals surface area (Å²) in [6.45, 7) is 1.59. The third-order valence-electron chi connectivity index (χ3n) is 7.52. The van der Waals surface area contributed by atoms with E-state index in [1.54, 1.807) is 12.1 Å². The molecule has 1 amide bonds. The zero-order valence-electron chi connectivity index (χ0n) is 21.6. The van der Waals surface area contributed by atoms with E-state index < -0.39 is 0 Å². The second-order valence-electron chi connectivity index (χ2n) is 10.2. The average Bonchev–Trinajstić information content (AvgIpc) is 3.31. The van der Waals surface area contributed by atoms with Gasteiger partial charge in [-0.3, -0.25) is 9.78 Å². The highest BCUT2D eigenvalue weighted by atomic mass is 16.3. The number of para-hydroxylation sites is 1. The fraction of sp³-hybridized carbons (Fsp3) is 0.419. The number of aromatic hydroxyl groups is 1. The lowest BCUT2D eigenvalue weighted by atomic mass is 9.92. The van der Waals surface area contributed by atoms with E-state index >= 15 is 0 Å². The molecule has 0 atom stereocenters. The van der Waals surface area contributed by atoms with E-state index in [-0.39, 0.29) is 11.7 Å². The molecule has 0 unspecified atom stereocenters. The van der Waals surface area contributed by atoms with Crippen LogP contribution in [0.5, 0.6) is 5.75 Å². The molecule has 37 heavy (non-hydrogen) atoms. The molecule has 0 spiro atoms. The van der Waals surface area contributed by atoms with Gasteiger partial charge in [-0.15, -0.1) is 0 Å². The number of carbonyl (C=O) groups excluding carboxylic acids is 1. The SMILES string of the molecule is O=C(CCCCCCCNc1c2c(nc3ccccc13)CCCC2)NCCc1c[nH]c2ccc(O)cc12. The number of aromatic nitrogens is 2. The molecule has 4 N–H and O–H groups in total. The number of hydrogen-bond donors (Lipinski definition) is 4. The third kappa shape index (κ3) is 6.24. The standard InChI is InChI=1S/C31H38N4O2/c36-23-15-16-27-26(20-23)22(21-34-27)17-19-32-30(37)14-4-2-1-3-9-18-33-31-24-10-5-7-12-28(24)35-29-13-8-6-11-25(29)31/h5,7,10,12,15-16,20-21,34,36H,1-4,6,8-9,11,13-14,17-19H2,(H,32,37)(H,33,35). The van der Waals surface area contributed by atoms with Gasteiger partial charge in [0.25, 0.3) is 0 Å². The van der Waals surface area contributed by atoms with Crippen LogP contribution in [0, 0.1) is 0 Å². The highest BCUT2D eigenvalue weighted by molar-refractivity contribution is 5.93. The summed E-state index contributed by atoms with van der Waals surface area (Å²) in [5.74, 6) is 0.386. The minimum Gasteiger partial charge on any atom is -0.508 e. The molecule has 2 aromatic carbocycles. The molecule has 0 fully saturated rings. The van der Waals surface area contributed by atoms with Crippen LogP contribution in [-0.2, 0) is 24.1 Å². The minimum atomic E-state index is 0.124. The molecule has 6 heteroatoms. The Morgan fingerprint density at radius 3 is 2.73 bits per heavy atom. The van der Waals surface area contributed by atoms with Gasteiger partial charge in [0.15, 0.2) is 0 Å². The third-order valence-corrected chi connectivity index (χ3v) is 7.52. The van der Waals surface area contributed by atoms with Gasteiger partial charge in [0.05, 0.1) is 5.52 Å². The molecule has 0 saturated carbocycles. The van der Waals surface area contributed by atoms with Gasteiger partial charge in [-0.1, -0.05) is 37.5 Å². The smallest absolute Gasteiger partial charge is 0.220 e. The van der Waals surface area contributed by atoms with Crippen molar-refractivity contribution in [2.45, 2.75) is 70.6 Å². The molecule has 4 aromatic rings. The number of rotatable bonds is 12. The van der Waals surface area contributed by atoms with Crippen LogP contribution < -0.4 is 10.6 Å². The van der Waals surface area contributed by atoms with Crippen molar-refractivity contribution in [2.75, 3.05) is 18.4 Å². The number of phenolic OH excluding ortho intramolecular Hbond substituents is 1. The minimum absolute atomic E-state index is 0.124. The van der Waals surface area contributed by atoms with Crippen LogP contribution in [0.25, 0.3) is 21.8 Å². The Labute approximate surface area is 218 Å². The van der Waals surface area contributed by atoms with Gasteiger partial charge >= 0.3 is 0 Å². The molecule has 0 aliphatic heterocycles. The van der Waals surface area contributed by atoms with Gasteiger partial charge in [-0.25, -0.2) is 0 Å². The first-order valence-electron chi connectivity index (χ1n) is 13.9. The Balaban J connectivity index is 0.974. The number of hydrogen-bond acceptors (Lipinski definition) is 4. The first-order valence-corrected chi connectivity index (χ1v) is 13.9. The quantitative estimate of drug-likeness (QED) is 0.170. The number of unbranched alkanes of at least 4 members (excludes halogenated alkanes) is 4. The zero-order valence-corrected chi connectivity index (χ0v) is 21.6. The first kappa shape index (κ1) is 25.1. The van der Waals surface area contributed by atoms with Gasteiger partial charge in [0, 0.05) is 53.4 Å². The first-order chi connectivity index (χ1) is 18.2. The fourth-order valence-electron chi connectivity index (χ4n) is 5.53. The number of carbonyl (C=O) groups is 1. The lowest BCUT2D eigenvalue weighted by Crippen LogP contribution is -2.25. The summed E-state index contributed by atoms with van der Waals surface area (Å²) in [5, 5.41) is 18.8. The maximum atomic E-state index is 12.2. The number of H-pyrrole nitrogens is 1. The molecule has 5 rings (SSSR count). The van der Waals surface area contributed by atoms with Crippen molar-refractivity contribution in [2.24, 2.45) is 0 Å². The second kappa shape index (κ2) is 12.1. The van der Waals surface area contributed by atoms with Crippen molar-refractivity contribution in [3.05, 3.63) is 65.5 Å². The molecular formula is C31H38N4O2. The largest absolute Gasteiger partial charge is 0.508 e. The Hall–Kier alpha value is -3.54. The van der Waals surface area contributed by atoms with Crippen molar-refractivity contribution < 1.29 is 9.90 Å². The summed E-state index contributed by atoms with van der Waals surface area (Å²) in [4.78, 5) is 20.4. The summed E-state index contributed by atoms with van der Waals surface area (Å²) in [5.41, 5.74) is 7.24. The van der Waals surface area contributed by atoms with Crippen LogP contribution in [0.4, 0.5) is 5.69 Å². The molecule has 0 radical (unpaired) electrons. The van der Waals surface area contributed by atoms with E-state index in [2.05, 4.69) is 39.9 Å². The number of amides is 1. The topological polar surface area (TPSA) is 90.0 Å². The van der Waals surface area contributed by atoms with E-state index in [9.17, 15) is 9.90 Å². The van der Waals surface area contributed by atoms with E-state index in [0.717, 1.165) is 73.5 Å². The van der Waals surface area contributed by atoms with Crippen molar-refractivity contribution in [3.8, 4) is 5.75 Å². The molecule has 1 aliphatic rings. The summed E-state index contributed by atoms with van der Waals surface area (Å²) in [6, 6.07) is 13.8. The highest BCUT2D eigenvalue weighted by Gasteiger charge is 2.17. The van der Waals surface area contributed by atoms with Crippen molar-refractivity contribution in [3.63, 3.8) is 0 Å². The molecule has 6 nitrogen and oxygen atoms in total. The number of fused-ring (bicyclic) bond motifs is 3. The Morgan fingerprint density at radius 1 is 0.946 bits per heavy atom. The van der Waals surface area contributed by atoms with Crippen molar-refractivity contribution in [1.82, 2.24) is 15.3 Å². The van der Waals surface area contributed by atoms with Gasteiger partial charge in [0.1, 0.15) is 5.75 Å². The molecular weight excluding hydrogens is 460 g/mol. The Bertz CT molecular complexity index is 1360. The molecule has 0 bridgehead atoms. The summed E-state index contributed by atoms with van der Waals surface area (Å²) in [7, 11) is 0. The molecule has 194 valence electrons. The monoisotopic (exact) mass is 498 g/mol. The van der Waals surface area contributed by atoms with Crippen LogP contribution in [0.1, 0.15) is 68.2 Å². The summed E-state index contributed by atoms with van der Waals surface area (Å²) in [6.07, 6.45) is 13.5. The number of aryl methyl sites for hydroxylation is 1. The second-order valence-corrected chi connectivity index (χ2v) is 10.2. The van der Waals surface area contributed by atoms with Crippen LogP contribution >= 0.6 is 0 Å². The van der Waals surface area contributed by atoms with Gasteiger partial charge in [0.2, 0.25) is 5.91 Å².